The average Bonchev–Trinajstić information content (AvgIpc) is 2.75. The minimum absolute atomic E-state index is 0.294. The fraction of sp³-hybridized carbons (Fsp3) is 0.400. The molecule has 0 bridgehead atoms. The van der Waals surface area contributed by atoms with E-state index >= 15 is 0 Å². The van der Waals surface area contributed by atoms with Crippen molar-refractivity contribution in [3.05, 3.63) is 52.9 Å². The maximum absolute atomic E-state index is 13.5. The molecule has 1 N–H and O–H groups in total. The van der Waals surface area contributed by atoms with Crippen molar-refractivity contribution in [3.63, 3.8) is 0 Å². The third-order valence-corrected chi connectivity index (χ3v) is 3.16. The predicted octanol–water partition coefficient (Wildman–Crippen LogP) is 3.17. The lowest BCUT2D eigenvalue weighted by molar-refractivity contribution is 0.492. The maximum Gasteiger partial charge on any atom is 0.163 e. The van der Waals surface area contributed by atoms with Gasteiger partial charge in [-0.15, -0.1) is 0 Å². The van der Waals surface area contributed by atoms with E-state index in [1.54, 1.807) is 6.07 Å². The first-order valence-electron chi connectivity index (χ1n) is 6.78. The van der Waals surface area contributed by atoms with Crippen LogP contribution in [-0.4, -0.2) is 9.78 Å². The number of benzene rings is 1. The van der Waals surface area contributed by atoms with Gasteiger partial charge in [0.25, 0.3) is 0 Å². The minimum Gasteiger partial charge on any atom is -0.308 e. The Morgan fingerprint density at radius 2 is 1.95 bits per heavy atom. The van der Waals surface area contributed by atoms with Gasteiger partial charge in [0.15, 0.2) is 11.6 Å². The Hall–Kier alpha value is -1.75. The molecule has 0 saturated carbocycles. The Kier molecular flexibility index (Phi) is 4.84. The maximum atomic E-state index is 13.5. The fourth-order valence-electron chi connectivity index (χ4n) is 2.09. The van der Waals surface area contributed by atoms with Crippen LogP contribution in [0.2, 0.25) is 0 Å². The molecule has 0 spiro atoms. The predicted molar refractivity (Wildman–Crippen MR) is 74.2 cm³/mol. The van der Waals surface area contributed by atoms with E-state index in [9.17, 15) is 8.78 Å². The molecule has 0 amide bonds. The Labute approximate surface area is 117 Å². The van der Waals surface area contributed by atoms with Crippen molar-refractivity contribution in [2.45, 2.75) is 39.9 Å². The van der Waals surface area contributed by atoms with Crippen LogP contribution >= 0.6 is 0 Å². The van der Waals surface area contributed by atoms with E-state index < -0.39 is 11.6 Å². The third-order valence-electron chi connectivity index (χ3n) is 3.16. The molecule has 0 unspecified atom stereocenters. The van der Waals surface area contributed by atoms with Gasteiger partial charge in [-0.2, -0.15) is 5.10 Å². The first-order valence-corrected chi connectivity index (χ1v) is 6.78. The van der Waals surface area contributed by atoms with Gasteiger partial charge in [0.2, 0.25) is 0 Å². The molecule has 2 rings (SSSR count). The second kappa shape index (κ2) is 6.61. The lowest BCUT2D eigenvalue weighted by Crippen LogP contribution is -2.14. The summed E-state index contributed by atoms with van der Waals surface area (Å²) >= 11 is 0. The van der Waals surface area contributed by atoms with Crippen LogP contribution in [0.3, 0.4) is 0 Å². The van der Waals surface area contributed by atoms with Gasteiger partial charge in [-0.3, -0.25) is 4.68 Å². The van der Waals surface area contributed by atoms with Gasteiger partial charge in [-0.1, -0.05) is 19.1 Å². The molecule has 108 valence electrons. The Bertz CT molecular complexity index is 578. The Morgan fingerprint density at radius 3 is 2.70 bits per heavy atom. The number of rotatable bonds is 6. The Morgan fingerprint density at radius 1 is 1.20 bits per heavy atom. The second-order valence-electron chi connectivity index (χ2n) is 4.82. The number of hydrogen-bond donors (Lipinski definition) is 1. The number of nitrogens with one attached hydrogen (secondary N) is 1. The van der Waals surface area contributed by atoms with E-state index in [1.165, 1.54) is 6.07 Å². The molecule has 0 saturated heterocycles. The molecule has 1 heterocycles. The van der Waals surface area contributed by atoms with Crippen LogP contribution in [0, 0.1) is 18.6 Å². The molecule has 3 nitrogen and oxygen atoms in total. The van der Waals surface area contributed by atoms with Crippen molar-refractivity contribution in [2.75, 3.05) is 0 Å². The highest BCUT2D eigenvalue weighted by Gasteiger charge is 2.08. The summed E-state index contributed by atoms with van der Waals surface area (Å²) in [5.74, 6) is -1.59. The van der Waals surface area contributed by atoms with Crippen LogP contribution in [0.25, 0.3) is 0 Å². The highest BCUT2D eigenvalue weighted by Crippen LogP contribution is 2.12. The van der Waals surface area contributed by atoms with Crippen LogP contribution in [0.5, 0.6) is 0 Å². The van der Waals surface area contributed by atoms with Crippen LogP contribution in [0.4, 0.5) is 8.78 Å². The van der Waals surface area contributed by atoms with E-state index in [1.807, 2.05) is 17.8 Å². The smallest absolute Gasteiger partial charge is 0.163 e. The lowest BCUT2D eigenvalue weighted by atomic mass is 10.2. The van der Waals surface area contributed by atoms with Gasteiger partial charge in [-0.25, -0.2) is 8.78 Å². The highest BCUT2D eigenvalue weighted by molar-refractivity contribution is 5.19. The van der Waals surface area contributed by atoms with Crippen LogP contribution in [0.1, 0.15) is 30.2 Å². The second-order valence-corrected chi connectivity index (χ2v) is 4.82. The topological polar surface area (TPSA) is 29.9 Å². The van der Waals surface area contributed by atoms with Crippen molar-refractivity contribution in [2.24, 2.45) is 0 Å². The molecule has 0 radical (unpaired) electrons. The molecular formula is C15H19F2N3. The zero-order valence-corrected chi connectivity index (χ0v) is 11.8. The fourth-order valence-corrected chi connectivity index (χ4v) is 2.09. The van der Waals surface area contributed by atoms with Gasteiger partial charge >= 0.3 is 0 Å². The Balaban J connectivity index is 1.94. The lowest BCUT2D eigenvalue weighted by Gasteiger charge is -2.05. The molecule has 2 aromatic rings. The molecule has 1 aromatic heterocycles. The number of hydrogen-bond acceptors (Lipinski definition) is 2. The summed E-state index contributed by atoms with van der Waals surface area (Å²) in [6.45, 7) is 5.82. The molecule has 0 atom stereocenters. The van der Waals surface area contributed by atoms with Crippen molar-refractivity contribution < 1.29 is 8.78 Å². The SMILES string of the molecule is CCCn1cc(CNCc2cccc(F)c2F)c(C)n1. The van der Waals surface area contributed by atoms with Gasteiger partial charge < -0.3 is 5.32 Å². The molecular weight excluding hydrogens is 260 g/mol. The van der Waals surface area contributed by atoms with Crippen molar-refractivity contribution in [1.82, 2.24) is 15.1 Å². The number of halogens is 2. The minimum atomic E-state index is -0.809. The van der Waals surface area contributed by atoms with Crippen LogP contribution < -0.4 is 5.32 Å². The molecule has 0 aliphatic heterocycles. The van der Waals surface area contributed by atoms with Crippen LogP contribution in [-0.2, 0) is 19.6 Å². The summed E-state index contributed by atoms with van der Waals surface area (Å²) < 4.78 is 28.5. The molecule has 0 aliphatic carbocycles. The molecule has 1 aromatic carbocycles. The van der Waals surface area contributed by atoms with Crippen molar-refractivity contribution >= 4 is 0 Å². The summed E-state index contributed by atoms with van der Waals surface area (Å²) in [5, 5.41) is 7.52. The van der Waals surface area contributed by atoms with Crippen LogP contribution in [0.15, 0.2) is 24.4 Å². The number of aromatic nitrogens is 2. The first-order chi connectivity index (χ1) is 9.61. The van der Waals surface area contributed by atoms with Gasteiger partial charge in [-0.05, 0) is 19.4 Å². The van der Waals surface area contributed by atoms with E-state index in [-0.39, 0.29) is 0 Å². The monoisotopic (exact) mass is 279 g/mol. The van der Waals surface area contributed by atoms with E-state index in [2.05, 4.69) is 17.3 Å². The zero-order chi connectivity index (χ0) is 14.5. The number of aryl methyl sites for hydroxylation is 2. The summed E-state index contributed by atoms with van der Waals surface area (Å²) in [6, 6.07) is 4.22. The molecule has 5 heteroatoms. The van der Waals surface area contributed by atoms with Gasteiger partial charge in [0, 0.05) is 37.0 Å². The standard InChI is InChI=1S/C15H19F2N3/c1-3-7-20-10-13(11(2)19-20)9-18-8-12-5-4-6-14(16)15(12)17/h4-6,10,18H,3,7-9H2,1-2H3. The highest BCUT2D eigenvalue weighted by atomic mass is 19.2. The summed E-state index contributed by atoms with van der Waals surface area (Å²) in [5.41, 5.74) is 2.38. The molecule has 0 fully saturated rings. The third kappa shape index (κ3) is 3.42. The van der Waals surface area contributed by atoms with Crippen molar-refractivity contribution in [3.8, 4) is 0 Å². The van der Waals surface area contributed by atoms with Gasteiger partial charge in [0.1, 0.15) is 0 Å². The quantitative estimate of drug-likeness (QED) is 0.880. The van der Waals surface area contributed by atoms with E-state index in [4.69, 9.17) is 0 Å². The van der Waals surface area contributed by atoms with E-state index in [0.717, 1.165) is 30.3 Å². The van der Waals surface area contributed by atoms with Crippen molar-refractivity contribution in [1.29, 1.82) is 0 Å². The summed E-state index contributed by atoms with van der Waals surface area (Å²) in [4.78, 5) is 0. The normalized spacial score (nSPS) is 11.0. The molecule has 20 heavy (non-hydrogen) atoms. The summed E-state index contributed by atoms with van der Waals surface area (Å²) in [7, 11) is 0. The summed E-state index contributed by atoms with van der Waals surface area (Å²) in [6.07, 6.45) is 3.02. The molecule has 0 aliphatic rings. The number of nitrogens with zero attached hydrogens (tertiary/aromatic N) is 2. The average molecular weight is 279 g/mol. The largest absolute Gasteiger partial charge is 0.308 e. The zero-order valence-electron chi connectivity index (χ0n) is 11.8. The van der Waals surface area contributed by atoms with Gasteiger partial charge in [0.05, 0.1) is 5.69 Å². The van der Waals surface area contributed by atoms with E-state index in [0.29, 0.717) is 18.7 Å². The first kappa shape index (κ1) is 14.7.